The monoisotopic (exact) mass is 380 g/mol. The Hall–Kier alpha value is -1.73. The number of hydrogen-bond acceptors (Lipinski definition) is 3. The molecule has 5 nitrogen and oxygen atoms in total. The molecule has 0 radical (unpaired) electrons. The lowest BCUT2D eigenvalue weighted by Gasteiger charge is -2.48. The molecule has 1 saturated carbocycles. The standard InChI is InChI=1S/C20H30F2N4O/c1-23-19(24-14-16-13-17(21)5-6-18(16)22)25-15-20(7-3-2-4-8-20)26-9-11-27-12-10-26/h5-6,13H,2-4,7-12,14-15H2,1H3,(H2,23,24,25). The van der Waals surface area contributed by atoms with Crippen molar-refractivity contribution in [2.45, 2.75) is 44.2 Å². The maximum absolute atomic E-state index is 13.8. The number of hydrogen-bond donors (Lipinski definition) is 2. The minimum Gasteiger partial charge on any atom is -0.379 e. The van der Waals surface area contributed by atoms with E-state index in [9.17, 15) is 8.78 Å². The second kappa shape index (κ2) is 9.46. The maximum Gasteiger partial charge on any atom is 0.191 e. The number of rotatable bonds is 5. The van der Waals surface area contributed by atoms with Crippen molar-refractivity contribution in [3.8, 4) is 0 Å². The summed E-state index contributed by atoms with van der Waals surface area (Å²) >= 11 is 0. The second-order valence-corrected chi connectivity index (χ2v) is 7.40. The highest BCUT2D eigenvalue weighted by molar-refractivity contribution is 5.79. The van der Waals surface area contributed by atoms with Gasteiger partial charge in [0, 0.05) is 44.3 Å². The zero-order chi connectivity index (χ0) is 19.1. The Morgan fingerprint density at radius 3 is 2.59 bits per heavy atom. The highest BCUT2D eigenvalue weighted by Gasteiger charge is 2.38. The van der Waals surface area contributed by atoms with E-state index in [1.807, 2.05) is 0 Å². The van der Waals surface area contributed by atoms with Gasteiger partial charge in [0.1, 0.15) is 11.6 Å². The van der Waals surface area contributed by atoms with Crippen LogP contribution in [-0.4, -0.2) is 56.3 Å². The van der Waals surface area contributed by atoms with Crippen molar-refractivity contribution in [1.82, 2.24) is 15.5 Å². The van der Waals surface area contributed by atoms with E-state index in [1.165, 1.54) is 25.3 Å². The summed E-state index contributed by atoms with van der Waals surface area (Å²) < 4.78 is 32.7. The fourth-order valence-corrected chi connectivity index (χ4v) is 4.18. The van der Waals surface area contributed by atoms with Gasteiger partial charge in [0.2, 0.25) is 0 Å². The molecule has 0 aromatic heterocycles. The molecule has 150 valence electrons. The lowest BCUT2D eigenvalue weighted by atomic mass is 9.80. The van der Waals surface area contributed by atoms with Gasteiger partial charge in [0.25, 0.3) is 0 Å². The van der Waals surface area contributed by atoms with Gasteiger partial charge >= 0.3 is 0 Å². The largest absolute Gasteiger partial charge is 0.379 e. The van der Waals surface area contributed by atoms with Crippen LogP contribution in [0.4, 0.5) is 8.78 Å². The number of nitrogens with one attached hydrogen (secondary N) is 2. The fraction of sp³-hybridized carbons (Fsp3) is 0.650. The first-order chi connectivity index (χ1) is 13.1. The van der Waals surface area contributed by atoms with Crippen LogP contribution in [-0.2, 0) is 11.3 Å². The molecular weight excluding hydrogens is 350 g/mol. The van der Waals surface area contributed by atoms with Gasteiger partial charge in [0.15, 0.2) is 5.96 Å². The Kier molecular flexibility index (Phi) is 7.01. The van der Waals surface area contributed by atoms with E-state index in [2.05, 4.69) is 20.5 Å². The average molecular weight is 380 g/mol. The summed E-state index contributed by atoms with van der Waals surface area (Å²) in [6.07, 6.45) is 6.09. The Morgan fingerprint density at radius 1 is 1.15 bits per heavy atom. The number of ether oxygens (including phenoxy) is 1. The van der Waals surface area contributed by atoms with Gasteiger partial charge in [-0.3, -0.25) is 9.89 Å². The van der Waals surface area contributed by atoms with Crippen molar-refractivity contribution >= 4 is 5.96 Å². The molecule has 2 N–H and O–H groups in total. The Morgan fingerprint density at radius 2 is 1.89 bits per heavy atom. The molecule has 0 atom stereocenters. The van der Waals surface area contributed by atoms with Crippen LogP contribution in [0.3, 0.4) is 0 Å². The summed E-state index contributed by atoms with van der Waals surface area (Å²) in [5, 5.41) is 6.52. The summed E-state index contributed by atoms with van der Waals surface area (Å²) in [7, 11) is 1.69. The van der Waals surface area contributed by atoms with E-state index in [0.29, 0.717) is 11.5 Å². The molecule has 1 heterocycles. The predicted octanol–water partition coefficient (Wildman–Crippen LogP) is 2.66. The van der Waals surface area contributed by atoms with Crippen molar-refractivity contribution in [2.75, 3.05) is 39.9 Å². The molecule has 7 heteroatoms. The van der Waals surface area contributed by atoms with Crippen LogP contribution in [0.2, 0.25) is 0 Å². The van der Waals surface area contributed by atoms with E-state index in [0.717, 1.165) is 57.8 Å². The molecule has 0 bridgehead atoms. The number of benzene rings is 1. The van der Waals surface area contributed by atoms with Crippen LogP contribution < -0.4 is 10.6 Å². The topological polar surface area (TPSA) is 48.9 Å². The summed E-state index contributed by atoms with van der Waals surface area (Å²) in [6.45, 7) is 4.47. The summed E-state index contributed by atoms with van der Waals surface area (Å²) in [4.78, 5) is 6.81. The van der Waals surface area contributed by atoms with Gasteiger partial charge in [-0.25, -0.2) is 8.78 Å². The third-order valence-corrected chi connectivity index (χ3v) is 5.73. The van der Waals surface area contributed by atoms with Crippen LogP contribution in [0, 0.1) is 11.6 Å². The summed E-state index contributed by atoms with van der Waals surface area (Å²) in [5.74, 6) is -0.252. The average Bonchev–Trinajstić information content (AvgIpc) is 2.72. The molecule has 2 fully saturated rings. The molecule has 0 spiro atoms. The third kappa shape index (κ3) is 5.17. The normalized spacial score (nSPS) is 21.1. The van der Waals surface area contributed by atoms with Crippen molar-refractivity contribution in [3.05, 3.63) is 35.4 Å². The highest BCUT2D eigenvalue weighted by atomic mass is 19.1. The van der Waals surface area contributed by atoms with Crippen LogP contribution in [0.1, 0.15) is 37.7 Å². The van der Waals surface area contributed by atoms with E-state index in [1.54, 1.807) is 7.05 Å². The molecule has 1 aromatic carbocycles. The predicted molar refractivity (Wildman–Crippen MR) is 103 cm³/mol. The first kappa shape index (κ1) is 20.0. The maximum atomic E-state index is 13.8. The molecule has 0 unspecified atom stereocenters. The SMILES string of the molecule is CN=C(NCc1cc(F)ccc1F)NCC1(N2CCOCC2)CCCCC1. The Bertz CT molecular complexity index is 641. The zero-order valence-electron chi connectivity index (χ0n) is 16.1. The molecule has 1 saturated heterocycles. The number of nitrogens with zero attached hydrogens (tertiary/aromatic N) is 2. The van der Waals surface area contributed by atoms with Gasteiger partial charge in [-0.2, -0.15) is 0 Å². The number of halogens is 2. The van der Waals surface area contributed by atoms with Crippen LogP contribution in [0.5, 0.6) is 0 Å². The van der Waals surface area contributed by atoms with Crippen LogP contribution in [0.25, 0.3) is 0 Å². The number of morpholine rings is 1. The quantitative estimate of drug-likeness (QED) is 0.609. The molecule has 3 rings (SSSR count). The first-order valence-electron chi connectivity index (χ1n) is 9.84. The van der Waals surface area contributed by atoms with E-state index >= 15 is 0 Å². The lowest BCUT2D eigenvalue weighted by molar-refractivity contribution is -0.0352. The van der Waals surface area contributed by atoms with Gasteiger partial charge in [-0.15, -0.1) is 0 Å². The van der Waals surface area contributed by atoms with Crippen LogP contribution in [0.15, 0.2) is 23.2 Å². The third-order valence-electron chi connectivity index (χ3n) is 5.73. The molecule has 27 heavy (non-hydrogen) atoms. The Balaban J connectivity index is 1.60. The highest BCUT2D eigenvalue weighted by Crippen LogP contribution is 2.33. The number of aliphatic imine (C=N–C) groups is 1. The molecule has 1 aromatic rings. The van der Waals surface area contributed by atoms with E-state index in [-0.39, 0.29) is 12.1 Å². The minimum absolute atomic E-state index is 0.115. The summed E-state index contributed by atoms with van der Waals surface area (Å²) in [5.41, 5.74) is 0.405. The zero-order valence-corrected chi connectivity index (χ0v) is 16.1. The summed E-state index contributed by atoms with van der Waals surface area (Å²) in [6, 6.07) is 3.49. The van der Waals surface area contributed by atoms with Gasteiger partial charge in [0.05, 0.1) is 13.2 Å². The van der Waals surface area contributed by atoms with Crippen molar-refractivity contribution in [2.24, 2.45) is 4.99 Å². The molecular formula is C20H30F2N4O. The minimum atomic E-state index is -0.440. The van der Waals surface area contributed by atoms with Crippen LogP contribution >= 0.6 is 0 Å². The molecule has 1 aliphatic heterocycles. The van der Waals surface area contributed by atoms with E-state index in [4.69, 9.17) is 4.74 Å². The molecule has 2 aliphatic rings. The van der Waals surface area contributed by atoms with Crippen molar-refractivity contribution in [1.29, 1.82) is 0 Å². The smallest absolute Gasteiger partial charge is 0.191 e. The van der Waals surface area contributed by atoms with Gasteiger partial charge < -0.3 is 15.4 Å². The first-order valence-corrected chi connectivity index (χ1v) is 9.84. The fourth-order valence-electron chi connectivity index (χ4n) is 4.18. The Labute approximate surface area is 160 Å². The van der Waals surface area contributed by atoms with Crippen molar-refractivity contribution < 1.29 is 13.5 Å². The second-order valence-electron chi connectivity index (χ2n) is 7.40. The van der Waals surface area contributed by atoms with Gasteiger partial charge in [-0.1, -0.05) is 19.3 Å². The lowest BCUT2D eigenvalue weighted by Crippen LogP contribution is -2.60. The molecule has 0 amide bonds. The van der Waals surface area contributed by atoms with E-state index < -0.39 is 11.6 Å². The van der Waals surface area contributed by atoms with Crippen molar-refractivity contribution in [3.63, 3.8) is 0 Å². The van der Waals surface area contributed by atoms with Gasteiger partial charge in [-0.05, 0) is 31.0 Å². The number of guanidine groups is 1. The molecule has 1 aliphatic carbocycles.